The van der Waals surface area contributed by atoms with Crippen molar-refractivity contribution in [2.75, 3.05) is 12.4 Å². The number of anilines is 2. The lowest BCUT2D eigenvalue weighted by molar-refractivity contribution is 0.0590. The molecule has 0 atom stereocenters. The third-order valence-corrected chi connectivity index (χ3v) is 4.70. The minimum absolute atomic E-state index is 0.393. The van der Waals surface area contributed by atoms with Crippen LogP contribution < -0.4 is 10.1 Å². The maximum absolute atomic E-state index is 12.2. The fraction of sp³-hybridized carbons (Fsp3) is 0.350. The first-order valence-corrected chi connectivity index (χ1v) is 8.81. The third kappa shape index (κ3) is 2.99. The van der Waals surface area contributed by atoms with Gasteiger partial charge in [0.05, 0.1) is 29.5 Å². The molecule has 0 radical (unpaired) electrons. The number of nitrogens with zero attached hydrogens (tertiary/aromatic N) is 2. The predicted molar refractivity (Wildman–Crippen MR) is 103 cm³/mol. The van der Waals surface area contributed by atoms with Crippen molar-refractivity contribution in [1.29, 1.82) is 0 Å². The topological polar surface area (TPSA) is 89.1 Å². The van der Waals surface area contributed by atoms with Crippen molar-refractivity contribution in [2.24, 2.45) is 0 Å². The van der Waals surface area contributed by atoms with Gasteiger partial charge < -0.3 is 19.8 Å². The van der Waals surface area contributed by atoms with E-state index in [1.165, 1.54) is 7.11 Å². The Morgan fingerprint density at radius 1 is 1.30 bits per heavy atom. The van der Waals surface area contributed by atoms with Gasteiger partial charge in [0.25, 0.3) is 0 Å². The fourth-order valence-electron chi connectivity index (χ4n) is 3.49. The van der Waals surface area contributed by atoms with Crippen LogP contribution in [0.4, 0.5) is 11.6 Å². The van der Waals surface area contributed by atoms with E-state index < -0.39 is 11.6 Å². The molecule has 3 aromatic rings. The van der Waals surface area contributed by atoms with Gasteiger partial charge in [-0.05, 0) is 45.9 Å². The zero-order chi connectivity index (χ0) is 19.3. The number of benzene rings is 1. The Hall–Kier alpha value is -3.09. The molecule has 27 heavy (non-hydrogen) atoms. The molecule has 0 bridgehead atoms. The third-order valence-electron chi connectivity index (χ3n) is 4.70. The summed E-state index contributed by atoms with van der Waals surface area (Å²) in [7, 11) is 1.36. The van der Waals surface area contributed by atoms with Crippen LogP contribution in [-0.4, -0.2) is 33.6 Å². The van der Waals surface area contributed by atoms with Crippen LogP contribution in [0.1, 0.15) is 41.2 Å². The maximum Gasteiger partial charge on any atom is 0.341 e. The number of fused-ring (bicyclic) bond motifs is 3. The highest BCUT2D eigenvalue weighted by molar-refractivity contribution is 5.99. The second-order valence-electron chi connectivity index (χ2n) is 7.45. The molecule has 1 aliphatic heterocycles. The number of imidazole rings is 1. The Balaban J connectivity index is 1.82. The Kier molecular flexibility index (Phi) is 3.83. The molecular weight excluding hydrogens is 344 g/mol. The summed E-state index contributed by atoms with van der Waals surface area (Å²) in [6, 6.07) is 5.63. The molecule has 0 amide bonds. The number of rotatable bonds is 3. The summed E-state index contributed by atoms with van der Waals surface area (Å²) in [4.78, 5) is 24.6. The first-order valence-electron chi connectivity index (χ1n) is 8.81. The minimum Gasteiger partial charge on any atom is -0.486 e. The largest absolute Gasteiger partial charge is 0.486 e. The van der Waals surface area contributed by atoms with Gasteiger partial charge in [-0.25, -0.2) is 9.78 Å². The molecule has 140 valence electrons. The number of carbonyl (C=O) groups is 1. The fourth-order valence-corrected chi connectivity index (χ4v) is 3.49. The van der Waals surface area contributed by atoms with Gasteiger partial charge in [-0.2, -0.15) is 0 Å². The highest BCUT2D eigenvalue weighted by atomic mass is 16.5. The number of hydrogen-bond acceptors (Lipinski definition) is 6. The van der Waals surface area contributed by atoms with E-state index >= 15 is 0 Å². The summed E-state index contributed by atoms with van der Waals surface area (Å²) in [6.07, 6.45) is 0.677. The number of hydrogen-bond donors (Lipinski definition) is 2. The molecule has 0 saturated carbocycles. The van der Waals surface area contributed by atoms with Crippen LogP contribution in [0.2, 0.25) is 0 Å². The molecule has 1 aromatic carbocycles. The predicted octanol–water partition coefficient (Wildman–Crippen LogP) is 3.82. The van der Waals surface area contributed by atoms with Gasteiger partial charge in [0.1, 0.15) is 16.9 Å². The monoisotopic (exact) mass is 366 g/mol. The average Bonchev–Trinajstić information content (AvgIpc) is 3.15. The Morgan fingerprint density at radius 3 is 2.78 bits per heavy atom. The molecule has 0 saturated heterocycles. The normalized spacial score (nSPS) is 14.7. The van der Waals surface area contributed by atoms with Crippen molar-refractivity contribution in [3.8, 4) is 5.75 Å². The summed E-state index contributed by atoms with van der Waals surface area (Å²) in [6.45, 7) is 7.90. The van der Waals surface area contributed by atoms with Crippen molar-refractivity contribution in [3.63, 3.8) is 0 Å². The second-order valence-corrected chi connectivity index (χ2v) is 7.45. The number of esters is 1. The van der Waals surface area contributed by atoms with Crippen LogP contribution in [0.25, 0.3) is 11.0 Å². The van der Waals surface area contributed by atoms with Crippen molar-refractivity contribution < 1.29 is 14.3 Å². The van der Waals surface area contributed by atoms with E-state index in [1.807, 2.05) is 39.8 Å². The van der Waals surface area contributed by atoms with Gasteiger partial charge in [-0.1, -0.05) is 0 Å². The maximum atomic E-state index is 12.2. The van der Waals surface area contributed by atoms with E-state index in [2.05, 4.69) is 20.3 Å². The second kappa shape index (κ2) is 5.97. The highest BCUT2D eigenvalue weighted by Gasteiger charge is 2.36. The molecule has 4 rings (SSSR count). The standard InChI is InChI=1S/C20H22N4O3/c1-10-6-7-14(11(2)21-10)22-19-23-15-8-12(18(25)26-5)17-13(16(15)24-19)9-20(3,4)27-17/h6-8H,9H2,1-5H3,(H2,22,23,24). The summed E-state index contributed by atoms with van der Waals surface area (Å²) < 4.78 is 11.0. The van der Waals surface area contributed by atoms with Gasteiger partial charge in [0.15, 0.2) is 0 Å². The lowest BCUT2D eigenvalue weighted by atomic mass is 9.99. The van der Waals surface area contributed by atoms with Crippen LogP contribution in [0.15, 0.2) is 18.2 Å². The first kappa shape index (κ1) is 17.3. The molecule has 2 aromatic heterocycles. The molecule has 0 spiro atoms. The Morgan fingerprint density at radius 2 is 2.07 bits per heavy atom. The molecule has 0 aliphatic carbocycles. The minimum atomic E-state index is -0.429. The summed E-state index contributed by atoms with van der Waals surface area (Å²) in [5, 5.41) is 3.28. The number of pyridine rings is 1. The van der Waals surface area contributed by atoms with Crippen LogP contribution in [0, 0.1) is 13.8 Å². The number of aromatic nitrogens is 3. The summed E-state index contributed by atoms with van der Waals surface area (Å²) in [5.74, 6) is 0.734. The molecule has 7 nitrogen and oxygen atoms in total. The number of aromatic amines is 1. The molecule has 2 N–H and O–H groups in total. The van der Waals surface area contributed by atoms with E-state index in [1.54, 1.807) is 6.07 Å². The SMILES string of the molecule is COC(=O)c1cc2nc(Nc3ccc(C)nc3C)[nH]c2c2c1OC(C)(C)C2. The van der Waals surface area contributed by atoms with Gasteiger partial charge in [-0.3, -0.25) is 4.98 Å². The number of ether oxygens (including phenoxy) is 2. The van der Waals surface area contributed by atoms with Crippen molar-refractivity contribution in [1.82, 2.24) is 15.0 Å². The van der Waals surface area contributed by atoms with Gasteiger partial charge in [-0.15, -0.1) is 0 Å². The summed E-state index contributed by atoms with van der Waals surface area (Å²) in [5.41, 5.74) is 5.23. The molecule has 3 heterocycles. The van der Waals surface area contributed by atoms with E-state index in [9.17, 15) is 4.79 Å². The number of aryl methyl sites for hydroxylation is 2. The number of carbonyl (C=O) groups excluding carboxylic acids is 1. The van der Waals surface area contributed by atoms with Crippen molar-refractivity contribution in [3.05, 3.63) is 40.7 Å². The number of methoxy groups -OCH3 is 1. The molecule has 0 unspecified atom stereocenters. The molecule has 1 aliphatic rings. The molecule has 7 heteroatoms. The number of nitrogens with one attached hydrogen (secondary N) is 2. The lowest BCUT2D eigenvalue weighted by Crippen LogP contribution is -2.25. The highest BCUT2D eigenvalue weighted by Crippen LogP contribution is 2.42. The van der Waals surface area contributed by atoms with Crippen LogP contribution in [-0.2, 0) is 11.2 Å². The van der Waals surface area contributed by atoms with Gasteiger partial charge in [0, 0.05) is 17.7 Å². The van der Waals surface area contributed by atoms with Crippen LogP contribution in [0.3, 0.4) is 0 Å². The van der Waals surface area contributed by atoms with E-state index in [-0.39, 0.29) is 0 Å². The zero-order valence-electron chi connectivity index (χ0n) is 16.1. The van der Waals surface area contributed by atoms with Crippen molar-refractivity contribution in [2.45, 2.75) is 39.7 Å². The van der Waals surface area contributed by atoms with E-state index in [0.717, 1.165) is 28.2 Å². The molecular formula is C20H22N4O3. The van der Waals surface area contributed by atoms with Gasteiger partial charge in [0.2, 0.25) is 5.95 Å². The van der Waals surface area contributed by atoms with E-state index in [4.69, 9.17) is 9.47 Å². The quantitative estimate of drug-likeness (QED) is 0.685. The van der Waals surface area contributed by atoms with Crippen molar-refractivity contribution >= 4 is 28.6 Å². The Labute approximate surface area is 157 Å². The lowest BCUT2D eigenvalue weighted by Gasteiger charge is -2.17. The zero-order valence-corrected chi connectivity index (χ0v) is 16.1. The Bertz CT molecular complexity index is 1070. The van der Waals surface area contributed by atoms with Crippen LogP contribution in [0.5, 0.6) is 5.75 Å². The number of H-pyrrole nitrogens is 1. The average molecular weight is 366 g/mol. The molecule has 0 fully saturated rings. The first-order chi connectivity index (χ1) is 12.8. The van der Waals surface area contributed by atoms with Gasteiger partial charge >= 0.3 is 5.97 Å². The van der Waals surface area contributed by atoms with Crippen LogP contribution >= 0.6 is 0 Å². The van der Waals surface area contributed by atoms with E-state index in [0.29, 0.717) is 29.2 Å². The smallest absolute Gasteiger partial charge is 0.341 e. The summed E-state index contributed by atoms with van der Waals surface area (Å²) >= 11 is 0.